The molecule has 6 heteroatoms. The van der Waals surface area contributed by atoms with Crippen LogP contribution in [0.25, 0.3) is 44.4 Å². The molecule has 0 fully saturated rings. The van der Waals surface area contributed by atoms with Crippen LogP contribution in [0.15, 0.2) is 97.5 Å². The fourth-order valence-corrected chi connectivity index (χ4v) is 7.48. The van der Waals surface area contributed by atoms with Gasteiger partial charge >= 0.3 is 21.1 Å². The Hall–Kier alpha value is -4.47. The molecule has 4 aromatic carbocycles. The minimum atomic E-state index is -0.00778. The van der Waals surface area contributed by atoms with Crippen molar-refractivity contribution < 1.29 is 25.8 Å². The van der Waals surface area contributed by atoms with Crippen LogP contribution >= 0.6 is 0 Å². The zero-order chi connectivity index (χ0) is 37.4. The van der Waals surface area contributed by atoms with Gasteiger partial charge in [0.1, 0.15) is 5.82 Å². The Morgan fingerprint density at radius 2 is 1.43 bits per heavy atom. The van der Waals surface area contributed by atoms with Gasteiger partial charge in [-0.25, -0.2) is 4.98 Å². The number of fused-ring (bicyclic) bond motifs is 3. The van der Waals surface area contributed by atoms with E-state index < -0.39 is 0 Å². The molecule has 0 unspecified atom stereocenters. The fourth-order valence-electron chi connectivity index (χ4n) is 7.48. The summed E-state index contributed by atoms with van der Waals surface area (Å²) in [5.41, 5.74) is 10.5. The summed E-state index contributed by atoms with van der Waals surface area (Å²) in [4.78, 5) is 4.84. The monoisotopic (exact) mass is 895 g/mol. The van der Waals surface area contributed by atoms with E-state index in [1.165, 1.54) is 27.8 Å². The van der Waals surface area contributed by atoms with Crippen LogP contribution in [-0.4, -0.2) is 19.3 Å². The van der Waals surface area contributed by atoms with Crippen molar-refractivity contribution in [3.63, 3.8) is 0 Å². The molecule has 7 aromatic rings. The Kier molecular flexibility index (Phi) is 11.7. The van der Waals surface area contributed by atoms with Crippen LogP contribution < -0.4 is 4.74 Å². The number of hydrogen-bond acceptors (Lipinski definition) is 3. The average Bonchev–Trinajstić information content (AvgIpc) is 3.70. The van der Waals surface area contributed by atoms with Gasteiger partial charge in [-0.15, -0.1) is 35.7 Å². The second-order valence-corrected chi connectivity index (χ2v) is 16.8. The SMILES string of the molecule is CC(C)Cc1cc(Oc2[c-]c3c(cc2)c2ccccc2n3-c2cc(C(C)(C)C)ccn2)[c-]c(-n2cc(-c3c(CC(C)C)cccc3CC(C)C)cn2)c1.[Pt+2]. The van der Waals surface area contributed by atoms with E-state index >= 15 is 0 Å². The van der Waals surface area contributed by atoms with E-state index in [1.807, 2.05) is 23.1 Å². The molecular formula is C48H52N4OPt. The van der Waals surface area contributed by atoms with E-state index in [0.717, 1.165) is 58.1 Å². The van der Waals surface area contributed by atoms with Gasteiger partial charge in [-0.05, 0) is 94.0 Å². The molecule has 0 aliphatic rings. The molecule has 280 valence electrons. The minimum absolute atomic E-state index is 0. The van der Waals surface area contributed by atoms with Gasteiger partial charge in [-0.3, -0.25) is 4.68 Å². The molecule has 3 aromatic heterocycles. The third kappa shape index (κ3) is 8.42. The zero-order valence-electron chi connectivity index (χ0n) is 33.1. The number of benzene rings is 4. The van der Waals surface area contributed by atoms with Gasteiger partial charge in [0.2, 0.25) is 0 Å². The summed E-state index contributed by atoms with van der Waals surface area (Å²) < 4.78 is 10.8. The van der Waals surface area contributed by atoms with Crippen molar-refractivity contribution in [2.75, 3.05) is 0 Å². The van der Waals surface area contributed by atoms with Gasteiger partial charge in [-0.2, -0.15) is 16.7 Å². The molecule has 0 saturated heterocycles. The van der Waals surface area contributed by atoms with Crippen LogP contribution in [0, 0.1) is 29.9 Å². The molecule has 0 atom stereocenters. The van der Waals surface area contributed by atoms with Gasteiger partial charge < -0.3 is 9.30 Å². The average molecular weight is 896 g/mol. The third-order valence-electron chi connectivity index (χ3n) is 9.76. The van der Waals surface area contributed by atoms with Crippen molar-refractivity contribution in [1.29, 1.82) is 0 Å². The normalized spacial score (nSPS) is 12.0. The van der Waals surface area contributed by atoms with Crippen LogP contribution in [0.3, 0.4) is 0 Å². The summed E-state index contributed by atoms with van der Waals surface area (Å²) >= 11 is 0. The van der Waals surface area contributed by atoms with Crippen molar-refractivity contribution in [1.82, 2.24) is 19.3 Å². The van der Waals surface area contributed by atoms with Crippen molar-refractivity contribution in [3.05, 3.63) is 132 Å². The van der Waals surface area contributed by atoms with Crippen LogP contribution in [0.1, 0.15) is 84.6 Å². The van der Waals surface area contributed by atoms with Gasteiger partial charge in [0.25, 0.3) is 0 Å². The predicted octanol–water partition coefficient (Wildman–Crippen LogP) is 12.3. The standard InChI is InChI=1S/C48H52N4O.Pt/c1-31(2)21-34-24-39(51-30-37(29-50-51)47-35(22-32(3)4)13-12-14-36(47)23-33(5)6)27-41(25-34)53-40-17-18-43-42-15-10-11-16-44(42)52(45(43)28-40)46-26-38(19-20-49-46)48(7,8)9;/h10-20,24-26,29-33H,21-23H2,1-9H3;/q-2;+2. The van der Waals surface area contributed by atoms with E-state index in [1.54, 1.807) is 0 Å². The van der Waals surface area contributed by atoms with Gasteiger partial charge in [0.05, 0.1) is 6.20 Å². The molecule has 0 aliphatic heterocycles. The molecule has 0 spiro atoms. The van der Waals surface area contributed by atoms with Gasteiger partial charge in [0, 0.05) is 35.0 Å². The largest absolute Gasteiger partial charge is 2.00 e. The van der Waals surface area contributed by atoms with E-state index in [0.29, 0.717) is 29.3 Å². The molecule has 0 N–H and O–H groups in total. The smallest absolute Gasteiger partial charge is 0.509 e. The Balaban J connectivity index is 0.00000497. The van der Waals surface area contributed by atoms with E-state index in [4.69, 9.17) is 14.8 Å². The Bertz CT molecular complexity index is 2360. The first-order valence-corrected chi connectivity index (χ1v) is 19.2. The van der Waals surface area contributed by atoms with E-state index in [9.17, 15) is 0 Å². The summed E-state index contributed by atoms with van der Waals surface area (Å²) in [6, 6.07) is 35.2. The van der Waals surface area contributed by atoms with Gasteiger partial charge in [-0.1, -0.05) is 104 Å². The number of pyridine rings is 1. The van der Waals surface area contributed by atoms with Crippen molar-refractivity contribution >= 4 is 21.8 Å². The topological polar surface area (TPSA) is 44.9 Å². The molecule has 0 radical (unpaired) electrons. The van der Waals surface area contributed by atoms with Crippen LogP contribution in [-0.2, 0) is 45.7 Å². The molecule has 0 aliphatic carbocycles. The molecule has 54 heavy (non-hydrogen) atoms. The molecule has 0 saturated carbocycles. The molecule has 0 amide bonds. The number of ether oxygens (including phenoxy) is 1. The summed E-state index contributed by atoms with van der Waals surface area (Å²) in [7, 11) is 0. The minimum Gasteiger partial charge on any atom is -0.509 e. The summed E-state index contributed by atoms with van der Waals surface area (Å²) in [5, 5.41) is 7.18. The maximum Gasteiger partial charge on any atom is 2.00 e. The quantitative estimate of drug-likeness (QED) is 0.122. The third-order valence-corrected chi connectivity index (χ3v) is 9.76. The van der Waals surface area contributed by atoms with E-state index in [2.05, 4.69) is 158 Å². The number of hydrogen-bond donors (Lipinski definition) is 0. The number of para-hydroxylation sites is 1. The summed E-state index contributed by atoms with van der Waals surface area (Å²) in [6.07, 6.45) is 9.04. The first kappa shape index (κ1) is 39.2. The maximum absolute atomic E-state index is 6.67. The molecule has 3 heterocycles. The van der Waals surface area contributed by atoms with Crippen LogP contribution in [0.4, 0.5) is 0 Å². The number of rotatable bonds is 11. The first-order valence-electron chi connectivity index (χ1n) is 19.2. The van der Waals surface area contributed by atoms with Gasteiger partial charge in [0.15, 0.2) is 0 Å². The Labute approximate surface area is 336 Å². The predicted molar refractivity (Wildman–Crippen MR) is 220 cm³/mol. The molecule has 0 bridgehead atoms. The summed E-state index contributed by atoms with van der Waals surface area (Å²) in [5.74, 6) is 3.72. The maximum atomic E-state index is 6.67. The van der Waals surface area contributed by atoms with Crippen molar-refractivity contribution in [3.8, 4) is 34.1 Å². The fraction of sp³-hybridized carbons (Fsp3) is 0.333. The van der Waals surface area contributed by atoms with Crippen molar-refractivity contribution in [2.45, 2.75) is 87.0 Å². The number of nitrogens with zero attached hydrogens (tertiary/aromatic N) is 4. The zero-order valence-corrected chi connectivity index (χ0v) is 35.4. The number of aromatic nitrogens is 4. The second kappa shape index (κ2) is 16.1. The van der Waals surface area contributed by atoms with Crippen LogP contribution in [0.5, 0.6) is 11.5 Å². The second-order valence-electron chi connectivity index (χ2n) is 16.8. The molecular weight excluding hydrogens is 844 g/mol. The molecule has 5 nitrogen and oxygen atoms in total. The van der Waals surface area contributed by atoms with Crippen molar-refractivity contribution in [2.24, 2.45) is 17.8 Å². The van der Waals surface area contributed by atoms with E-state index in [-0.39, 0.29) is 26.5 Å². The Morgan fingerprint density at radius 3 is 2.11 bits per heavy atom. The first-order chi connectivity index (χ1) is 25.3. The Morgan fingerprint density at radius 1 is 0.722 bits per heavy atom. The van der Waals surface area contributed by atoms with Crippen LogP contribution in [0.2, 0.25) is 0 Å². The summed E-state index contributed by atoms with van der Waals surface area (Å²) in [6.45, 7) is 20.3. The molecule has 7 rings (SSSR count).